The Labute approximate surface area is 96.0 Å². The summed E-state index contributed by atoms with van der Waals surface area (Å²) in [7, 11) is 0. The van der Waals surface area contributed by atoms with E-state index in [0.717, 1.165) is 5.56 Å². The number of Topliss-reactive ketones (excluding diaryl/α,β-unsaturated/α-hetero) is 1. The summed E-state index contributed by atoms with van der Waals surface area (Å²) >= 11 is 8.83. The number of phenols is 1. The van der Waals surface area contributed by atoms with Crippen molar-refractivity contribution in [3.63, 3.8) is 0 Å². The number of alkyl halides is 2. The minimum Gasteiger partial charge on any atom is -0.508 e. The van der Waals surface area contributed by atoms with E-state index in [-0.39, 0.29) is 22.2 Å². The van der Waals surface area contributed by atoms with Gasteiger partial charge in [-0.3, -0.25) is 4.79 Å². The van der Waals surface area contributed by atoms with Crippen LogP contribution in [0.3, 0.4) is 0 Å². The van der Waals surface area contributed by atoms with Crippen LogP contribution in [0.15, 0.2) is 18.2 Å². The largest absolute Gasteiger partial charge is 0.508 e. The molecule has 0 saturated heterocycles. The molecule has 1 unspecified atom stereocenters. The maximum atomic E-state index is 11.1. The number of carbonyl (C=O) groups is 1. The summed E-state index contributed by atoms with van der Waals surface area (Å²) in [6.45, 7) is 1.49. The zero-order valence-corrected chi connectivity index (χ0v) is 9.97. The zero-order valence-electron chi connectivity index (χ0n) is 7.63. The predicted molar refractivity (Wildman–Crippen MR) is 60.0 cm³/mol. The molecule has 76 valence electrons. The van der Waals surface area contributed by atoms with Crippen molar-refractivity contribution < 1.29 is 9.90 Å². The molecule has 0 amide bonds. The first-order valence-corrected chi connectivity index (χ1v) is 5.53. The van der Waals surface area contributed by atoms with E-state index in [1.54, 1.807) is 18.2 Å². The van der Waals surface area contributed by atoms with Gasteiger partial charge in [0.25, 0.3) is 0 Å². The van der Waals surface area contributed by atoms with Crippen molar-refractivity contribution in [1.82, 2.24) is 0 Å². The third-order valence-corrected chi connectivity index (χ3v) is 3.36. The van der Waals surface area contributed by atoms with E-state index in [9.17, 15) is 9.90 Å². The smallest absolute Gasteiger partial charge is 0.147 e. The standard InChI is InChI=1S/C10H10BrClO2/c1-6(13)10(11)7-2-3-8(5-12)9(14)4-7/h2-4,10,14H,5H2,1H3. The van der Waals surface area contributed by atoms with Crippen LogP contribution in [0, 0.1) is 0 Å². The molecule has 2 nitrogen and oxygen atoms in total. The molecule has 0 radical (unpaired) electrons. The molecule has 0 aliphatic carbocycles. The van der Waals surface area contributed by atoms with Crippen molar-refractivity contribution in [2.45, 2.75) is 17.6 Å². The van der Waals surface area contributed by atoms with Crippen LogP contribution in [0.4, 0.5) is 0 Å². The number of aromatic hydroxyl groups is 1. The maximum Gasteiger partial charge on any atom is 0.147 e. The van der Waals surface area contributed by atoms with Gasteiger partial charge in [-0.1, -0.05) is 28.1 Å². The number of benzene rings is 1. The van der Waals surface area contributed by atoms with E-state index in [2.05, 4.69) is 15.9 Å². The molecule has 1 rings (SSSR count). The van der Waals surface area contributed by atoms with Gasteiger partial charge in [-0.15, -0.1) is 11.6 Å². The fourth-order valence-electron chi connectivity index (χ4n) is 1.09. The highest BCUT2D eigenvalue weighted by atomic mass is 79.9. The van der Waals surface area contributed by atoms with E-state index in [1.165, 1.54) is 6.92 Å². The van der Waals surface area contributed by atoms with Gasteiger partial charge in [0.2, 0.25) is 0 Å². The Morgan fingerprint density at radius 1 is 1.64 bits per heavy atom. The second-order valence-electron chi connectivity index (χ2n) is 2.99. The topological polar surface area (TPSA) is 37.3 Å². The van der Waals surface area contributed by atoms with Gasteiger partial charge in [-0.05, 0) is 18.6 Å². The van der Waals surface area contributed by atoms with Crippen LogP contribution in [-0.2, 0) is 10.7 Å². The fourth-order valence-corrected chi connectivity index (χ4v) is 1.60. The van der Waals surface area contributed by atoms with Gasteiger partial charge in [0.05, 0.1) is 10.7 Å². The molecule has 4 heteroatoms. The number of ketones is 1. The molecule has 0 aliphatic heterocycles. The third kappa shape index (κ3) is 2.49. The second kappa shape index (κ2) is 4.80. The van der Waals surface area contributed by atoms with Crippen LogP contribution in [0.2, 0.25) is 0 Å². The van der Waals surface area contributed by atoms with E-state index >= 15 is 0 Å². The van der Waals surface area contributed by atoms with Crippen molar-refractivity contribution >= 4 is 33.3 Å². The molecule has 0 heterocycles. The maximum absolute atomic E-state index is 11.1. The predicted octanol–water partition coefficient (Wildman–Crippen LogP) is 3.16. The number of carbonyl (C=O) groups excluding carboxylic acids is 1. The second-order valence-corrected chi connectivity index (χ2v) is 4.18. The van der Waals surface area contributed by atoms with Crippen LogP contribution in [0.25, 0.3) is 0 Å². The minimum absolute atomic E-state index is 0.00280. The Morgan fingerprint density at radius 3 is 2.71 bits per heavy atom. The van der Waals surface area contributed by atoms with E-state index in [0.29, 0.717) is 5.56 Å². The van der Waals surface area contributed by atoms with Crippen molar-refractivity contribution in [3.05, 3.63) is 29.3 Å². The lowest BCUT2D eigenvalue weighted by Crippen LogP contribution is -2.00. The minimum atomic E-state index is -0.363. The number of phenolic OH excluding ortho intramolecular Hbond substituents is 1. The quantitative estimate of drug-likeness (QED) is 0.862. The summed E-state index contributed by atoms with van der Waals surface area (Å²) in [5.74, 6) is 0.394. The van der Waals surface area contributed by atoms with Gasteiger partial charge in [-0.2, -0.15) is 0 Å². The highest BCUT2D eigenvalue weighted by Crippen LogP contribution is 2.29. The average molecular weight is 278 g/mol. The number of hydrogen-bond donors (Lipinski definition) is 1. The lowest BCUT2D eigenvalue weighted by atomic mass is 10.1. The Hall–Kier alpha value is -0.540. The lowest BCUT2D eigenvalue weighted by Gasteiger charge is -2.08. The molecule has 14 heavy (non-hydrogen) atoms. The van der Waals surface area contributed by atoms with Gasteiger partial charge in [0.15, 0.2) is 0 Å². The molecular weight excluding hydrogens is 267 g/mol. The molecule has 0 aromatic heterocycles. The Morgan fingerprint density at radius 2 is 2.29 bits per heavy atom. The molecule has 0 aliphatic rings. The van der Waals surface area contributed by atoms with Crippen molar-refractivity contribution in [2.75, 3.05) is 0 Å². The summed E-state index contributed by atoms with van der Waals surface area (Å²) < 4.78 is 0. The Kier molecular flexibility index (Phi) is 3.96. The molecule has 1 aromatic rings. The van der Waals surface area contributed by atoms with Crippen LogP contribution < -0.4 is 0 Å². The Bertz CT molecular complexity index is 352. The average Bonchev–Trinajstić information content (AvgIpc) is 2.16. The molecular formula is C10H10BrClO2. The number of halogens is 2. The summed E-state index contributed by atoms with van der Waals surface area (Å²) in [6, 6.07) is 5.05. The molecule has 0 fully saturated rings. The van der Waals surface area contributed by atoms with E-state index in [4.69, 9.17) is 11.6 Å². The van der Waals surface area contributed by atoms with Crippen molar-refractivity contribution in [3.8, 4) is 5.75 Å². The zero-order chi connectivity index (χ0) is 10.7. The van der Waals surface area contributed by atoms with Gasteiger partial charge in [-0.25, -0.2) is 0 Å². The molecule has 1 aromatic carbocycles. The normalized spacial score (nSPS) is 12.5. The van der Waals surface area contributed by atoms with Gasteiger partial charge < -0.3 is 5.11 Å². The van der Waals surface area contributed by atoms with Crippen LogP contribution >= 0.6 is 27.5 Å². The molecule has 1 atom stereocenters. The monoisotopic (exact) mass is 276 g/mol. The first kappa shape index (κ1) is 11.5. The third-order valence-electron chi connectivity index (χ3n) is 1.90. The summed E-state index contributed by atoms with van der Waals surface area (Å²) in [5, 5.41) is 9.51. The molecule has 1 N–H and O–H groups in total. The molecule has 0 bridgehead atoms. The van der Waals surface area contributed by atoms with Crippen molar-refractivity contribution in [1.29, 1.82) is 0 Å². The number of hydrogen-bond acceptors (Lipinski definition) is 2. The highest BCUT2D eigenvalue weighted by molar-refractivity contribution is 9.09. The molecule has 0 saturated carbocycles. The van der Waals surface area contributed by atoms with Gasteiger partial charge >= 0.3 is 0 Å². The lowest BCUT2D eigenvalue weighted by molar-refractivity contribution is -0.116. The first-order valence-electron chi connectivity index (χ1n) is 4.08. The molecule has 0 spiro atoms. The summed E-state index contributed by atoms with van der Waals surface area (Å²) in [5.41, 5.74) is 1.41. The van der Waals surface area contributed by atoms with Gasteiger partial charge in [0.1, 0.15) is 11.5 Å². The number of rotatable bonds is 3. The fraction of sp³-hybridized carbons (Fsp3) is 0.300. The first-order chi connectivity index (χ1) is 6.56. The van der Waals surface area contributed by atoms with Crippen LogP contribution in [0.5, 0.6) is 5.75 Å². The Balaban J connectivity index is 3.02. The van der Waals surface area contributed by atoms with Crippen LogP contribution in [-0.4, -0.2) is 10.9 Å². The van der Waals surface area contributed by atoms with E-state index < -0.39 is 0 Å². The summed E-state index contributed by atoms with van der Waals surface area (Å²) in [6.07, 6.45) is 0. The van der Waals surface area contributed by atoms with Crippen molar-refractivity contribution in [2.24, 2.45) is 0 Å². The van der Waals surface area contributed by atoms with Crippen LogP contribution in [0.1, 0.15) is 22.9 Å². The van der Waals surface area contributed by atoms with E-state index in [1.807, 2.05) is 0 Å². The summed E-state index contributed by atoms with van der Waals surface area (Å²) in [4.78, 5) is 10.7. The van der Waals surface area contributed by atoms with Gasteiger partial charge in [0, 0.05) is 5.56 Å². The highest BCUT2D eigenvalue weighted by Gasteiger charge is 2.13. The SMILES string of the molecule is CC(=O)C(Br)c1ccc(CCl)c(O)c1.